The first-order valence-electron chi connectivity index (χ1n) is 9.37. The minimum atomic E-state index is -0.695. The van der Waals surface area contributed by atoms with Gasteiger partial charge in [0.1, 0.15) is 6.54 Å². The Kier molecular flexibility index (Phi) is 6.14. The lowest BCUT2D eigenvalue weighted by Gasteiger charge is -2.09. The molecule has 1 amide bonds. The molecule has 10 heteroatoms. The van der Waals surface area contributed by atoms with Gasteiger partial charge < -0.3 is 14.6 Å². The predicted octanol–water partition coefficient (Wildman–Crippen LogP) is -0.356. The zero-order valence-electron chi connectivity index (χ0n) is 17.0. The molecule has 10 nitrogen and oxygen atoms in total. The molecule has 0 unspecified atom stereocenters. The minimum Gasteiger partial charge on any atom is -0.454 e. The lowest BCUT2D eigenvalue weighted by molar-refractivity contribution is -0.149. The number of rotatable bonds is 7. The van der Waals surface area contributed by atoms with Crippen LogP contribution in [0.1, 0.15) is 11.1 Å². The molecule has 0 fully saturated rings. The topological polar surface area (TPSA) is 117 Å². The standard InChI is InChI=1S/C20H23N5O5/c1-13-6-4-5-7-14(13)8-9-21-15(26)11-30-16(27)10-25-12-22-18-17(25)19(28)24(3)20(29)23(18)2/h4-7,12H,8-11H2,1-3H3,(H,21,26). The number of hydrogen-bond donors (Lipinski definition) is 1. The average Bonchev–Trinajstić information content (AvgIpc) is 3.14. The second-order valence-corrected chi connectivity index (χ2v) is 6.94. The number of imidazole rings is 1. The van der Waals surface area contributed by atoms with Crippen molar-refractivity contribution in [3.8, 4) is 0 Å². The van der Waals surface area contributed by atoms with Gasteiger partial charge >= 0.3 is 11.7 Å². The number of nitrogens with zero attached hydrogens (tertiary/aromatic N) is 4. The van der Waals surface area contributed by atoms with E-state index in [0.29, 0.717) is 13.0 Å². The van der Waals surface area contributed by atoms with Crippen LogP contribution in [-0.4, -0.2) is 43.7 Å². The summed E-state index contributed by atoms with van der Waals surface area (Å²) in [4.78, 5) is 52.4. The Labute approximate surface area is 171 Å². The molecule has 30 heavy (non-hydrogen) atoms. The van der Waals surface area contributed by atoms with Crippen molar-refractivity contribution in [2.24, 2.45) is 14.1 Å². The van der Waals surface area contributed by atoms with Crippen LogP contribution < -0.4 is 16.6 Å². The van der Waals surface area contributed by atoms with Crippen LogP contribution in [-0.2, 0) is 41.4 Å². The van der Waals surface area contributed by atoms with Gasteiger partial charge in [0.2, 0.25) is 0 Å². The van der Waals surface area contributed by atoms with Gasteiger partial charge in [-0.2, -0.15) is 0 Å². The zero-order valence-corrected chi connectivity index (χ0v) is 17.0. The van der Waals surface area contributed by atoms with Crippen molar-refractivity contribution in [3.05, 3.63) is 62.6 Å². The fourth-order valence-electron chi connectivity index (χ4n) is 3.13. The Morgan fingerprint density at radius 1 is 1.13 bits per heavy atom. The van der Waals surface area contributed by atoms with E-state index in [4.69, 9.17) is 4.74 Å². The molecule has 2 heterocycles. The summed E-state index contributed by atoms with van der Waals surface area (Å²) in [6.45, 7) is 1.71. The minimum absolute atomic E-state index is 0.110. The van der Waals surface area contributed by atoms with Crippen molar-refractivity contribution >= 4 is 23.0 Å². The molecule has 0 aliphatic heterocycles. The molecule has 1 aromatic carbocycles. The highest BCUT2D eigenvalue weighted by atomic mass is 16.5. The first-order valence-corrected chi connectivity index (χ1v) is 9.37. The number of hydrogen-bond acceptors (Lipinski definition) is 6. The van der Waals surface area contributed by atoms with Gasteiger partial charge in [0.15, 0.2) is 17.8 Å². The summed E-state index contributed by atoms with van der Waals surface area (Å²) in [6, 6.07) is 7.90. The second-order valence-electron chi connectivity index (χ2n) is 6.94. The Hall–Kier alpha value is -3.69. The summed E-state index contributed by atoms with van der Waals surface area (Å²) in [5.74, 6) is -1.11. The Balaban J connectivity index is 1.55. The van der Waals surface area contributed by atoms with Gasteiger partial charge in [0.05, 0.1) is 6.33 Å². The molecule has 1 N–H and O–H groups in total. The molecule has 158 valence electrons. The number of nitrogens with one attached hydrogen (secondary N) is 1. The third-order valence-corrected chi connectivity index (χ3v) is 4.86. The van der Waals surface area contributed by atoms with Crippen molar-refractivity contribution in [2.45, 2.75) is 19.9 Å². The van der Waals surface area contributed by atoms with Crippen molar-refractivity contribution < 1.29 is 14.3 Å². The number of benzene rings is 1. The van der Waals surface area contributed by atoms with Gasteiger partial charge in [-0.25, -0.2) is 9.78 Å². The highest BCUT2D eigenvalue weighted by Gasteiger charge is 2.17. The molecule has 2 aromatic heterocycles. The maximum atomic E-state index is 12.4. The van der Waals surface area contributed by atoms with Gasteiger partial charge in [0.25, 0.3) is 11.5 Å². The molecular weight excluding hydrogens is 390 g/mol. The average molecular weight is 413 g/mol. The maximum Gasteiger partial charge on any atom is 0.332 e. The largest absolute Gasteiger partial charge is 0.454 e. The summed E-state index contributed by atoms with van der Waals surface area (Å²) in [6.07, 6.45) is 1.96. The van der Waals surface area contributed by atoms with Crippen molar-refractivity contribution in [1.82, 2.24) is 24.0 Å². The SMILES string of the molecule is Cc1ccccc1CCNC(=O)COC(=O)Cn1cnc2c1c(=O)n(C)c(=O)n2C. The Morgan fingerprint density at radius 3 is 2.60 bits per heavy atom. The number of amides is 1. The Morgan fingerprint density at radius 2 is 1.87 bits per heavy atom. The van der Waals surface area contributed by atoms with Crippen molar-refractivity contribution in [3.63, 3.8) is 0 Å². The van der Waals surface area contributed by atoms with Crippen molar-refractivity contribution in [1.29, 1.82) is 0 Å². The number of ether oxygens (including phenoxy) is 1. The van der Waals surface area contributed by atoms with E-state index in [1.807, 2.05) is 31.2 Å². The third kappa shape index (κ3) is 4.32. The molecule has 0 bridgehead atoms. The molecular formula is C20H23N5O5. The number of carbonyl (C=O) groups excluding carboxylic acids is 2. The first-order chi connectivity index (χ1) is 14.3. The summed E-state index contributed by atoms with van der Waals surface area (Å²) in [7, 11) is 2.84. The van der Waals surface area contributed by atoms with E-state index in [1.165, 1.54) is 29.6 Å². The summed E-state index contributed by atoms with van der Waals surface area (Å²) >= 11 is 0. The fourth-order valence-corrected chi connectivity index (χ4v) is 3.13. The van der Waals surface area contributed by atoms with Crippen LogP contribution in [0.15, 0.2) is 40.2 Å². The van der Waals surface area contributed by atoms with Crippen LogP contribution in [0.3, 0.4) is 0 Å². The molecule has 3 aromatic rings. The number of carbonyl (C=O) groups is 2. The van der Waals surface area contributed by atoms with Gasteiger partial charge in [-0.1, -0.05) is 24.3 Å². The van der Waals surface area contributed by atoms with E-state index in [-0.39, 0.29) is 17.7 Å². The summed E-state index contributed by atoms with van der Waals surface area (Å²) in [5.41, 5.74) is 1.49. The normalized spacial score (nSPS) is 10.9. The lowest BCUT2D eigenvalue weighted by Crippen LogP contribution is -2.37. The van der Waals surface area contributed by atoms with Crippen molar-refractivity contribution in [2.75, 3.05) is 13.2 Å². The highest BCUT2D eigenvalue weighted by Crippen LogP contribution is 2.07. The Bertz CT molecular complexity index is 1220. The fraction of sp³-hybridized carbons (Fsp3) is 0.350. The van der Waals surface area contributed by atoms with Crippen LogP contribution in [0.4, 0.5) is 0 Å². The zero-order chi connectivity index (χ0) is 21.8. The predicted molar refractivity (Wildman–Crippen MR) is 109 cm³/mol. The number of aryl methyl sites for hydroxylation is 2. The summed E-state index contributed by atoms with van der Waals surface area (Å²) in [5, 5.41) is 2.71. The smallest absolute Gasteiger partial charge is 0.332 e. The van der Waals surface area contributed by atoms with E-state index in [9.17, 15) is 19.2 Å². The van der Waals surface area contributed by atoms with Gasteiger partial charge in [0, 0.05) is 20.6 Å². The molecule has 0 aliphatic rings. The van der Waals surface area contributed by atoms with Crippen LogP contribution in [0.2, 0.25) is 0 Å². The molecule has 3 rings (SSSR count). The molecule has 0 saturated carbocycles. The molecule has 0 aliphatic carbocycles. The number of esters is 1. The lowest BCUT2D eigenvalue weighted by atomic mass is 10.1. The summed E-state index contributed by atoms with van der Waals surface area (Å²) < 4.78 is 8.46. The van der Waals surface area contributed by atoms with Crippen LogP contribution >= 0.6 is 0 Å². The van der Waals surface area contributed by atoms with Crippen LogP contribution in [0, 0.1) is 6.92 Å². The highest BCUT2D eigenvalue weighted by molar-refractivity contribution is 5.81. The quantitative estimate of drug-likeness (QED) is 0.529. The molecule has 0 atom stereocenters. The molecule has 0 radical (unpaired) electrons. The molecule has 0 saturated heterocycles. The van der Waals surface area contributed by atoms with Gasteiger partial charge in [-0.15, -0.1) is 0 Å². The second kappa shape index (κ2) is 8.76. The van der Waals surface area contributed by atoms with Crippen LogP contribution in [0.5, 0.6) is 0 Å². The number of aromatic nitrogens is 4. The molecule has 0 spiro atoms. The maximum absolute atomic E-state index is 12.4. The monoisotopic (exact) mass is 413 g/mol. The van der Waals surface area contributed by atoms with Gasteiger partial charge in [-0.05, 0) is 24.5 Å². The van der Waals surface area contributed by atoms with Gasteiger partial charge in [-0.3, -0.25) is 23.5 Å². The van der Waals surface area contributed by atoms with E-state index in [0.717, 1.165) is 15.7 Å². The van der Waals surface area contributed by atoms with E-state index < -0.39 is 29.7 Å². The van der Waals surface area contributed by atoms with Crippen LogP contribution in [0.25, 0.3) is 11.2 Å². The van der Waals surface area contributed by atoms with E-state index in [2.05, 4.69) is 10.3 Å². The third-order valence-electron chi connectivity index (χ3n) is 4.86. The van der Waals surface area contributed by atoms with E-state index in [1.54, 1.807) is 0 Å². The first kappa shape index (κ1) is 21.0. The number of fused-ring (bicyclic) bond motifs is 1. The van der Waals surface area contributed by atoms with E-state index >= 15 is 0 Å².